The third-order valence-corrected chi connectivity index (χ3v) is 1.78. The predicted octanol–water partition coefficient (Wildman–Crippen LogP) is 0.864. The molecule has 2 atom stereocenters. The first-order chi connectivity index (χ1) is 6.11. The highest BCUT2D eigenvalue weighted by atomic mass is 16.5. The second-order valence-electron chi connectivity index (χ2n) is 3.20. The van der Waals surface area contributed by atoms with Crippen molar-refractivity contribution >= 4 is 5.97 Å². The van der Waals surface area contributed by atoms with Crippen molar-refractivity contribution in [3.63, 3.8) is 0 Å². The number of carboxylic acids is 1. The smallest absolute Gasteiger partial charge is 0.320 e. The maximum atomic E-state index is 10.7. The van der Waals surface area contributed by atoms with Crippen LogP contribution in [0.5, 0.6) is 0 Å². The van der Waals surface area contributed by atoms with E-state index in [-0.39, 0.29) is 6.04 Å². The van der Waals surface area contributed by atoms with Gasteiger partial charge in [-0.15, -0.1) is 0 Å². The molecule has 0 aliphatic rings. The van der Waals surface area contributed by atoms with Gasteiger partial charge in [0.2, 0.25) is 0 Å². The fourth-order valence-corrected chi connectivity index (χ4v) is 1.21. The van der Waals surface area contributed by atoms with Crippen LogP contribution in [-0.2, 0) is 9.53 Å². The zero-order valence-electron chi connectivity index (χ0n) is 8.54. The van der Waals surface area contributed by atoms with E-state index in [1.165, 1.54) is 0 Å². The molecule has 4 nitrogen and oxygen atoms in total. The van der Waals surface area contributed by atoms with E-state index in [4.69, 9.17) is 9.84 Å². The van der Waals surface area contributed by atoms with Crippen molar-refractivity contribution in [2.75, 3.05) is 13.7 Å². The Morgan fingerprint density at radius 1 is 1.62 bits per heavy atom. The number of aliphatic carboxylic acids is 1. The lowest BCUT2D eigenvalue weighted by molar-refractivity contribution is -0.140. The Morgan fingerprint density at radius 3 is 2.62 bits per heavy atom. The van der Waals surface area contributed by atoms with E-state index in [9.17, 15) is 4.79 Å². The largest absolute Gasteiger partial charge is 0.480 e. The number of ether oxygens (including phenoxy) is 1. The highest BCUT2D eigenvalue weighted by molar-refractivity contribution is 5.73. The lowest BCUT2D eigenvalue weighted by Gasteiger charge is -2.18. The van der Waals surface area contributed by atoms with Gasteiger partial charge in [-0.25, -0.2) is 0 Å². The molecular formula is C9H19NO3. The predicted molar refractivity (Wildman–Crippen MR) is 50.8 cm³/mol. The number of carbonyl (C=O) groups is 1. The molecule has 2 N–H and O–H groups in total. The molecule has 0 aliphatic heterocycles. The highest BCUT2D eigenvalue weighted by Gasteiger charge is 2.17. The van der Waals surface area contributed by atoms with Gasteiger partial charge in [-0.05, 0) is 13.3 Å². The molecule has 0 heterocycles. The van der Waals surface area contributed by atoms with Gasteiger partial charge in [-0.2, -0.15) is 0 Å². The normalized spacial score (nSPS) is 15.3. The first-order valence-electron chi connectivity index (χ1n) is 4.59. The van der Waals surface area contributed by atoms with Crippen LogP contribution in [0.1, 0.15) is 26.7 Å². The van der Waals surface area contributed by atoms with Crippen LogP contribution in [0.15, 0.2) is 0 Å². The van der Waals surface area contributed by atoms with Crippen molar-refractivity contribution in [3.8, 4) is 0 Å². The van der Waals surface area contributed by atoms with Crippen LogP contribution in [0.3, 0.4) is 0 Å². The Labute approximate surface area is 79.3 Å². The van der Waals surface area contributed by atoms with Gasteiger partial charge < -0.3 is 9.84 Å². The molecule has 0 rings (SSSR count). The Balaban J connectivity index is 3.86. The third kappa shape index (κ3) is 5.60. The first kappa shape index (κ1) is 12.4. The van der Waals surface area contributed by atoms with Crippen LogP contribution in [0.4, 0.5) is 0 Å². The molecule has 0 saturated heterocycles. The Hall–Kier alpha value is -0.610. The summed E-state index contributed by atoms with van der Waals surface area (Å²) in [6.45, 7) is 4.42. The average Bonchev–Trinajstić information content (AvgIpc) is 2.04. The van der Waals surface area contributed by atoms with Crippen LogP contribution in [0.25, 0.3) is 0 Å². The van der Waals surface area contributed by atoms with Gasteiger partial charge in [0, 0.05) is 13.2 Å². The van der Waals surface area contributed by atoms with Crippen molar-refractivity contribution in [3.05, 3.63) is 0 Å². The highest BCUT2D eigenvalue weighted by Crippen LogP contribution is 1.98. The fourth-order valence-electron chi connectivity index (χ4n) is 1.21. The molecule has 78 valence electrons. The van der Waals surface area contributed by atoms with E-state index < -0.39 is 12.0 Å². The summed E-state index contributed by atoms with van der Waals surface area (Å²) >= 11 is 0. The van der Waals surface area contributed by atoms with Gasteiger partial charge >= 0.3 is 5.97 Å². The quantitative estimate of drug-likeness (QED) is 0.623. The van der Waals surface area contributed by atoms with E-state index >= 15 is 0 Å². The molecule has 13 heavy (non-hydrogen) atoms. The number of hydrogen-bond donors (Lipinski definition) is 2. The molecule has 0 spiro atoms. The summed E-state index contributed by atoms with van der Waals surface area (Å²) in [7, 11) is 1.60. The van der Waals surface area contributed by atoms with E-state index in [1.807, 2.05) is 13.8 Å². The maximum Gasteiger partial charge on any atom is 0.320 e. The van der Waals surface area contributed by atoms with Gasteiger partial charge in [-0.3, -0.25) is 10.1 Å². The van der Waals surface area contributed by atoms with E-state index in [0.717, 1.165) is 6.42 Å². The molecule has 0 radical (unpaired) electrons. The summed E-state index contributed by atoms with van der Waals surface area (Å²) in [5, 5.41) is 11.8. The van der Waals surface area contributed by atoms with Crippen molar-refractivity contribution in [1.82, 2.24) is 5.32 Å². The lowest BCUT2D eigenvalue weighted by Crippen LogP contribution is -2.43. The number of nitrogens with one attached hydrogen (secondary N) is 1. The number of carboxylic acid groups (broad SMARTS) is 1. The third-order valence-electron chi connectivity index (χ3n) is 1.78. The molecule has 0 aromatic rings. The van der Waals surface area contributed by atoms with Crippen LogP contribution >= 0.6 is 0 Å². The summed E-state index contributed by atoms with van der Waals surface area (Å²) in [4.78, 5) is 10.7. The fraction of sp³-hybridized carbons (Fsp3) is 0.889. The summed E-state index contributed by atoms with van der Waals surface area (Å²) in [6, 6.07) is -0.368. The van der Waals surface area contributed by atoms with Crippen LogP contribution in [0, 0.1) is 0 Å². The van der Waals surface area contributed by atoms with Gasteiger partial charge in [0.15, 0.2) is 0 Å². The lowest BCUT2D eigenvalue weighted by atomic mass is 10.1. The molecule has 2 unspecified atom stereocenters. The zero-order valence-corrected chi connectivity index (χ0v) is 8.54. The van der Waals surface area contributed by atoms with Gasteiger partial charge in [0.05, 0.1) is 6.61 Å². The summed E-state index contributed by atoms with van der Waals surface area (Å²) in [6.07, 6.45) is 1.52. The van der Waals surface area contributed by atoms with E-state index in [2.05, 4.69) is 5.32 Å². The second kappa shape index (κ2) is 6.86. The topological polar surface area (TPSA) is 58.6 Å². The molecule has 0 aromatic carbocycles. The number of hydrogen-bond acceptors (Lipinski definition) is 3. The van der Waals surface area contributed by atoms with Gasteiger partial charge in [-0.1, -0.05) is 13.3 Å². The number of methoxy groups -OCH3 is 1. The molecule has 0 saturated carbocycles. The summed E-state index contributed by atoms with van der Waals surface area (Å²) < 4.78 is 4.91. The molecule has 0 aromatic heterocycles. The SMILES string of the molecule is CCCC(NC(C)COC)C(=O)O. The molecule has 0 aliphatic carbocycles. The minimum absolute atomic E-state index is 0.0812. The average molecular weight is 189 g/mol. The molecular weight excluding hydrogens is 170 g/mol. The van der Waals surface area contributed by atoms with Crippen molar-refractivity contribution < 1.29 is 14.6 Å². The van der Waals surface area contributed by atoms with Crippen LogP contribution in [-0.4, -0.2) is 36.9 Å². The van der Waals surface area contributed by atoms with Crippen LogP contribution < -0.4 is 5.32 Å². The molecule has 0 bridgehead atoms. The number of rotatable bonds is 7. The van der Waals surface area contributed by atoms with Crippen LogP contribution in [0.2, 0.25) is 0 Å². The maximum absolute atomic E-state index is 10.7. The summed E-state index contributed by atoms with van der Waals surface area (Å²) in [5.74, 6) is -0.787. The zero-order chi connectivity index (χ0) is 10.3. The minimum atomic E-state index is -0.787. The summed E-state index contributed by atoms with van der Waals surface area (Å²) in [5.41, 5.74) is 0. The van der Waals surface area contributed by atoms with Gasteiger partial charge in [0.1, 0.15) is 6.04 Å². The standard InChI is InChI=1S/C9H19NO3/c1-4-5-8(9(11)12)10-7(2)6-13-3/h7-8,10H,4-6H2,1-3H3,(H,11,12). The second-order valence-corrected chi connectivity index (χ2v) is 3.20. The molecule has 4 heteroatoms. The van der Waals surface area contributed by atoms with Crippen molar-refractivity contribution in [2.45, 2.75) is 38.8 Å². The van der Waals surface area contributed by atoms with Crippen molar-refractivity contribution in [2.24, 2.45) is 0 Å². The molecule has 0 fully saturated rings. The Bertz CT molecular complexity index is 150. The molecule has 0 amide bonds. The van der Waals surface area contributed by atoms with E-state index in [0.29, 0.717) is 13.0 Å². The monoisotopic (exact) mass is 189 g/mol. The minimum Gasteiger partial charge on any atom is -0.480 e. The van der Waals surface area contributed by atoms with Gasteiger partial charge in [0.25, 0.3) is 0 Å². The Morgan fingerprint density at radius 2 is 2.23 bits per heavy atom. The first-order valence-corrected chi connectivity index (χ1v) is 4.59. The Kier molecular flexibility index (Phi) is 6.54. The van der Waals surface area contributed by atoms with E-state index in [1.54, 1.807) is 7.11 Å². The van der Waals surface area contributed by atoms with Crippen molar-refractivity contribution in [1.29, 1.82) is 0 Å².